The molecule has 1 fully saturated rings. The minimum atomic E-state index is -4.82. The van der Waals surface area contributed by atoms with Gasteiger partial charge in [-0.2, -0.15) is 13.2 Å². The molecule has 1 atom stereocenters. The first-order valence-electron chi connectivity index (χ1n) is 9.92. The number of rotatable bonds is 4. The summed E-state index contributed by atoms with van der Waals surface area (Å²) in [6.07, 6.45) is -4.89. The van der Waals surface area contributed by atoms with Crippen molar-refractivity contribution in [1.82, 2.24) is 5.32 Å². The number of carbonyl (C=O) groups excluding carboxylic acids is 1. The smallest absolute Gasteiger partial charge is 0.385 e. The SMILES string of the molecule is CNC(=O)C1CC(O)(c2ccc(C3=NOC(c4cc(Cl)c(Cl)c(Cl)c4)(C(F)(F)F)C3)cc2)C1. The van der Waals surface area contributed by atoms with Crippen LogP contribution in [0.15, 0.2) is 41.6 Å². The summed E-state index contributed by atoms with van der Waals surface area (Å²) in [5.74, 6) is -0.419. The molecule has 1 aliphatic heterocycles. The Morgan fingerprint density at radius 3 is 2.21 bits per heavy atom. The number of carbonyl (C=O) groups is 1. The molecule has 176 valence electrons. The second-order valence-electron chi connectivity index (χ2n) is 8.21. The third kappa shape index (κ3) is 4.07. The summed E-state index contributed by atoms with van der Waals surface area (Å²) < 4.78 is 42.5. The van der Waals surface area contributed by atoms with Crippen molar-refractivity contribution >= 4 is 46.4 Å². The van der Waals surface area contributed by atoms with Gasteiger partial charge in [0.2, 0.25) is 5.91 Å². The van der Waals surface area contributed by atoms with E-state index in [1.807, 2.05) is 0 Å². The fourth-order valence-corrected chi connectivity index (χ4v) is 4.80. The quantitative estimate of drug-likeness (QED) is 0.517. The Balaban J connectivity index is 1.58. The van der Waals surface area contributed by atoms with Gasteiger partial charge in [0.15, 0.2) is 0 Å². The molecular weight excluding hydrogens is 504 g/mol. The van der Waals surface area contributed by atoms with Crippen LogP contribution in [0.4, 0.5) is 13.2 Å². The van der Waals surface area contributed by atoms with E-state index in [9.17, 15) is 23.1 Å². The third-order valence-corrected chi connectivity index (χ3v) is 7.37. The number of halogens is 6. The van der Waals surface area contributed by atoms with Crippen LogP contribution in [0.1, 0.15) is 36.0 Å². The summed E-state index contributed by atoms with van der Waals surface area (Å²) in [4.78, 5) is 16.7. The van der Waals surface area contributed by atoms with E-state index in [-0.39, 0.29) is 51.0 Å². The molecule has 2 N–H and O–H groups in total. The first-order valence-corrected chi connectivity index (χ1v) is 11.1. The van der Waals surface area contributed by atoms with E-state index in [0.717, 1.165) is 12.1 Å². The molecule has 33 heavy (non-hydrogen) atoms. The van der Waals surface area contributed by atoms with Crippen molar-refractivity contribution in [2.24, 2.45) is 11.1 Å². The van der Waals surface area contributed by atoms with E-state index in [4.69, 9.17) is 39.6 Å². The summed E-state index contributed by atoms with van der Waals surface area (Å²) in [5.41, 5.74) is -3.19. The maximum absolute atomic E-state index is 14.2. The van der Waals surface area contributed by atoms with E-state index in [0.29, 0.717) is 11.1 Å². The van der Waals surface area contributed by atoms with Crippen LogP contribution in [0.5, 0.6) is 0 Å². The lowest BCUT2D eigenvalue weighted by atomic mass is 9.67. The van der Waals surface area contributed by atoms with Crippen LogP contribution >= 0.6 is 34.8 Å². The fraction of sp³-hybridized carbons (Fsp3) is 0.364. The summed E-state index contributed by atoms with van der Waals surface area (Å²) in [6.45, 7) is 0. The van der Waals surface area contributed by atoms with Crippen LogP contribution in [-0.2, 0) is 20.8 Å². The molecule has 5 nitrogen and oxygen atoms in total. The monoisotopic (exact) mass is 520 g/mol. The molecule has 0 bridgehead atoms. The van der Waals surface area contributed by atoms with Crippen molar-refractivity contribution in [1.29, 1.82) is 0 Å². The second kappa shape index (κ2) is 8.34. The molecule has 1 amide bonds. The van der Waals surface area contributed by atoms with Crippen LogP contribution < -0.4 is 5.32 Å². The van der Waals surface area contributed by atoms with E-state index >= 15 is 0 Å². The molecule has 0 radical (unpaired) electrons. The number of nitrogens with zero attached hydrogens (tertiary/aromatic N) is 1. The molecule has 2 aliphatic rings. The number of hydrogen-bond acceptors (Lipinski definition) is 4. The molecule has 2 aromatic carbocycles. The van der Waals surface area contributed by atoms with Crippen molar-refractivity contribution in [3.8, 4) is 0 Å². The first-order chi connectivity index (χ1) is 15.4. The third-order valence-electron chi connectivity index (χ3n) is 6.18. The van der Waals surface area contributed by atoms with Crippen LogP contribution in [0.25, 0.3) is 0 Å². The van der Waals surface area contributed by atoms with Crippen LogP contribution in [-0.4, -0.2) is 29.9 Å². The fourth-order valence-electron chi connectivity index (χ4n) is 4.20. The van der Waals surface area contributed by atoms with Gasteiger partial charge in [0.05, 0.1) is 26.4 Å². The number of oxime groups is 1. The first kappa shape index (κ1) is 24.1. The number of nitrogens with one attached hydrogen (secondary N) is 1. The molecule has 1 aliphatic carbocycles. The van der Waals surface area contributed by atoms with Gasteiger partial charge in [0.25, 0.3) is 5.60 Å². The van der Waals surface area contributed by atoms with Gasteiger partial charge in [-0.1, -0.05) is 64.2 Å². The highest BCUT2D eigenvalue weighted by molar-refractivity contribution is 6.48. The van der Waals surface area contributed by atoms with E-state index < -0.39 is 23.8 Å². The molecule has 0 saturated heterocycles. The number of hydrogen-bond donors (Lipinski definition) is 2. The largest absolute Gasteiger partial charge is 0.435 e. The zero-order valence-corrected chi connectivity index (χ0v) is 19.4. The van der Waals surface area contributed by atoms with Crippen LogP contribution in [0.2, 0.25) is 15.1 Å². The highest BCUT2D eigenvalue weighted by atomic mass is 35.5. The Hall–Kier alpha value is -2.00. The normalized spacial score (nSPS) is 26.9. The molecule has 11 heteroatoms. The lowest BCUT2D eigenvalue weighted by Gasteiger charge is -2.43. The van der Waals surface area contributed by atoms with Crippen LogP contribution in [0.3, 0.4) is 0 Å². The highest BCUT2D eigenvalue weighted by Crippen LogP contribution is 2.51. The van der Waals surface area contributed by atoms with Crippen molar-refractivity contribution in [3.05, 3.63) is 68.2 Å². The molecule has 1 heterocycles. The lowest BCUT2D eigenvalue weighted by Crippen LogP contribution is -2.47. The van der Waals surface area contributed by atoms with Gasteiger partial charge < -0.3 is 15.3 Å². The Morgan fingerprint density at radius 2 is 1.70 bits per heavy atom. The van der Waals surface area contributed by atoms with E-state index in [2.05, 4.69) is 10.5 Å². The zero-order valence-electron chi connectivity index (χ0n) is 17.1. The van der Waals surface area contributed by atoms with Gasteiger partial charge in [-0.05, 0) is 36.1 Å². The lowest BCUT2D eigenvalue weighted by molar-refractivity contribution is -0.275. The van der Waals surface area contributed by atoms with Gasteiger partial charge in [-0.15, -0.1) is 0 Å². The van der Waals surface area contributed by atoms with Gasteiger partial charge in [0.1, 0.15) is 0 Å². The summed E-state index contributed by atoms with van der Waals surface area (Å²) in [5, 5.41) is 16.7. The molecular formula is C22H18Cl3F3N2O3. The zero-order chi connectivity index (χ0) is 24.2. The number of alkyl halides is 3. The van der Waals surface area contributed by atoms with Crippen molar-refractivity contribution in [3.63, 3.8) is 0 Å². The van der Waals surface area contributed by atoms with E-state index in [1.54, 1.807) is 24.3 Å². The molecule has 0 spiro atoms. The number of amides is 1. The van der Waals surface area contributed by atoms with Crippen molar-refractivity contribution in [2.75, 3.05) is 7.05 Å². The summed E-state index contributed by atoms with van der Waals surface area (Å²) in [7, 11) is 1.53. The minimum Gasteiger partial charge on any atom is -0.385 e. The van der Waals surface area contributed by atoms with Gasteiger partial charge in [0, 0.05) is 24.9 Å². The maximum atomic E-state index is 14.2. The van der Waals surface area contributed by atoms with Gasteiger partial charge >= 0.3 is 6.18 Å². The summed E-state index contributed by atoms with van der Waals surface area (Å²) >= 11 is 17.8. The van der Waals surface area contributed by atoms with Gasteiger partial charge in [-0.25, -0.2) is 0 Å². The maximum Gasteiger partial charge on any atom is 0.435 e. The Kier molecular flexibility index (Phi) is 6.10. The van der Waals surface area contributed by atoms with Crippen molar-refractivity contribution in [2.45, 2.75) is 36.6 Å². The molecule has 2 aromatic rings. The number of benzene rings is 2. The standard InChI is InChI=1S/C22H18Cl3F3N2O3/c1-29-19(31)12-8-20(32,9-12)13-4-2-11(3-5-13)17-10-21(33-30-17,22(26,27)28)14-6-15(23)18(25)16(24)7-14/h2-7,12,32H,8-10H2,1H3,(H,29,31). The van der Waals surface area contributed by atoms with Crippen molar-refractivity contribution < 1.29 is 27.9 Å². The average Bonchev–Trinajstić information content (AvgIpc) is 3.21. The topological polar surface area (TPSA) is 70.9 Å². The predicted octanol–water partition coefficient (Wildman–Crippen LogP) is 5.57. The molecule has 1 unspecified atom stereocenters. The Labute approximate surface area is 202 Å². The highest BCUT2D eigenvalue weighted by Gasteiger charge is 2.62. The van der Waals surface area contributed by atoms with Crippen LogP contribution in [0, 0.1) is 5.92 Å². The molecule has 0 aromatic heterocycles. The van der Waals surface area contributed by atoms with E-state index in [1.165, 1.54) is 7.05 Å². The summed E-state index contributed by atoms with van der Waals surface area (Å²) in [6, 6.07) is 8.50. The number of aliphatic hydroxyl groups is 1. The predicted molar refractivity (Wildman–Crippen MR) is 119 cm³/mol. The average molecular weight is 522 g/mol. The second-order valence-corrected chi connectivity index (χ2v) is 9.41. The Bertz CT molecular complexity index is 1110. The Morgan fingerprint density at radius 1 is 1.12 bits per heavy atom. The molecule has 1 saturated carbocycles. The minimum absolute atomic E-state index is 0.0540. The molecule has 4 rings (SSSR count). The van der Waals surface area contributed by atoms with Gasteiger partial charge in [-0.3, -0.25) is 4.79 Å².